The van der Waals surface area contributed by atoms with Crippen LogP contribution in [0.2, 0.25) is 0 Å². The number of aliphatic imine (C=N–C) groups is 1. The normalized spacial score (nSPS) is 9.82. The third kappa shape index (κ3) is 5.74. The smallest absolute Gasteiger partial charge is 0.503 e. The fourth-order valence-corrected chi connectivity index (χ4v) is 1.48. The third-order valence-electron chi connectivity index (χ3n) is 2.45. The summed E-state index contributed by atoms with van der Waals surface area (Å²) in [5.74, 6) is 0.0732. The van der Waals surface area contributed by atoms with E-state index in [-0.39, 0.29) is 11.6 Å². The molecule has 0 aromatic heterocycles. The van der Waals surface area contributed by atoms with Crippen LogP contribution in [0.1, 0.15) is 11.1 Å². The molecule has 0 aliphatic carbocycles. The maximum Gasteiger partial charge on any atom is 0.503 e. The Morgan fingerprint density at radius 3 is 2.27 bits per heavy atom. The molecular weight excluding hydrogens is 286 g/mol. The van der Waals surface area contributed by atoms with Crippen LogP contribution in [0.4, 0.5) is 10.5 Å². The lowest BCUT2D eigenvalue weighted by atomic mass is 10.1. The Bertz CT molecular complexity index is 680. The van der Waals surface area contributed by atoms with E-state index in [1.807, 2.05) is 30.3 Å². The number of nitrogen functional groups attached to an aromatic ring is 1. The fraction of sp³-hybridized carbons (Fsp3) is 0. The van der Waals surface area contributed by atoms with Crippen LogP contribution < -0.4 is 5.73 Å². The number of phenols is 1. The average Bonchev–Trinajstić information content (AvgIpc) is 2.46. The molecule has 0 saturated heterocycles. The quantitative estimate of drug-likeness (QED) is 0.438. The second kappa shape index (κ2) is 8.05. The van der Waals surface area contributed by atoms with Gasteiger partial charge >= 0.3 is 6.16 Å². The number of amidine groups is 1. The third-order valence-corrected chi connectivity index (χ3v) is 2.45. The highest BCUT2D eigenvalue weighted by molar-refractivity contribution is 5.97. The Morgan fingerprint density at radius 1 is 1.14 bits per heavy atom. The first-order valence-electron chi connectivity index (χ1n) is 6.08. The monoisotopic (exact) mass is 301 g/mol. The maximum absolute atomic E-state index is 9.69. The van der Waals surface area contributed by atoms with Gasteiger partial charge in [0.15, 0.2) is 0 Å². The van der Waals surface area contributed by atoms with E-state index in [1.165, 1.54) is 6.07 Å². The number of nitrogens with one attached hydrogen (secondary N) is 1. The van der Waals surface area contributed by atoms with E-state index in [0.717, 1.165) is 5.69 Å². The number of aromatic hydroxyl groups is 1. The number of nitrogens with two attached hydrogens (primary N) is 1. The molecule has 22 heavy (non-hydrogen) atoms. The topological polar surface area (TPSA) is 140 Å². The lowest BCUT2D eigenvalue weighted by molar-refractivity contribution is 0.137. The van der Waals surface area contributed by atoms with Gasteiger partial charge < -0.3 is 21.1 Å². The predicted molar refractivity (Wildman–Crippen MR) is 83.5 cm³/mol. The van der Waals surface area contributed by atoms with Gasteiger partial charge in [-0.2, -0.15) is 0 Å². The van der Waals surface area contributed by atoms with Crippen LogP contribution >= 0.6 is 0 Å². The molecule has 0 fully saturated rings. The first-order chi connectivity index (χ1) is 10.4. The van der Waals surface area contributed by atoms with Crippen LogP contribution in [0.3, 0.4) is 0 Å². The van der Waals surface area contributed by atoms with Gasteiger partial charge in [-0.3, -0.25) is 10.4 Å². The molecule has 7 nitrogen and oxygen atoms in total. The van der Waals surface area contributed by atoms with Crippen molar-refractivity contribution in [3.05, 3.63) is 59.7 Å². The number of rotatable bonds is 3. The van der Waals surface area contributed by atoms with Crippen LogP contribution in [-0.4, -0.2) is 33.5 Å². The second-order valence-electron chi connectivity index (χ2n) is 4.06. The molecule has 2 aromatic carbocycles. The maximum atomic E-state index is 9.69. The van der Waals surface area contributed by atoms with Crippen molar-refractivity contribution in [3.63, 3.8) is 0 Å². The molecule has 0 saturated carbocycles. The highest BCUT2D eigenvalue weighted by Crippen LogP contribution is 2.18. The van der Waals surface area contributed by atoms with E-state index in [2.05, 4.69) is 4.99 Å². The summed E-state index contributed by atoms with van der Waals surface area (Å²) in [6, 6.07) is 14.1. The summed E-state index contributed by atoms with van der Waals surface area (Å²) in [7, 11) is 0. The highest BCUT2D eigenvalue weighted by atomic mass is 16.6. The number of phenolic OH excluding ortho intramolecular Hbond substituents is 1. The molecule has 2 rings (SSSR count). The molecule has 0 unspecified atom stereocenters. The Labute approximate surface area is 126 Å². The zero-order chi connectivity index (χ0) is 16.5. The molecule has 0 aliphatic heterocycles. The summed E-state index contributed by atoms with van der Waals surface area (Å²) in [6.07, 6.45) is -0.281. The van der Waals surface area contributed by atoms with Gasteiger partial charge in [-0.15, -0.1) is 0 Å². The van der Waals surface area contributed by atoms with Gasteiger partial charge in [0.25, 0.3) is 0 Å². The fourth-order valence-electron chi connectivity index (χ4n) is 1.48. The van der Waals surface area contributed by atoms with Crippen molar-refractivity contribution >= 4 is 23.9 Å². The predicted octanol–water partition coefficient (Wildman–Crippen LogP) is 2.65. The molecule has 0 atom stereocenters. The number of hydrogen-bond acceptors (Lipinski definition) is 4. The minimum absolute atomic E-state index is 0.0376. The average molecular weight is 301 g/mol. The number of hydrogen-bond donors (Lipinski definition) is 5. The number of carbonyl (C=O) groups is 1. The first kappa shape index (κ1) is 16.7. The van der Waals surface area contributed by atoms with Gasteiger partial charge in [-0.25, -0.2) is 4.79 Å². The summed E-state index contributed by atoms with van der Waals surface area (Å²) in [6.45, 7) is 0. The summed E-state index contributed by atoms with van der Waals surface area (Å²) < 4.78 is 0. The van der Waals surface area contributed by atoms with E-state index in [9.17, 15) is 5.11 Å². The lowest BCUT2D eigenvalue weighted by Crippen LogP contribution is -2.11. The molecule has 0 spiro atoms. The Morgan fingerprint density at radius 2 is 1.73 bits per heavy atom. The van der Waals surface area contributed by atoms with Gasteiger partial charge in [0, 0.05) is 17.3 Å². The van der Waals surface area contributed by atoms with Crippen molar-refractivity contribution < 1.29 is 20.1 Å². The molecular formula is C15H15N3O4. The second-order valence-corrected chi connectivity index (χ2v) is 4.06. The Balaban J connectivity index is 0.000000541. The molecule has 0 amide bonds. The summed E-state index contributed by atoms with van der Waals surface area (Å²) >= 11 is 0. The van der Waals surface area contributed by atoms with Crippen molar-refractivity contribution in [2.75, 3.05) is 0 Å². The molecule has 6 N–H and O–H groups in total. The Hall–Kier alpha value is -3.35. The minimum Gasteiger partial charge on any atom is -0.507 e. The summed E-state index contributed by atoms with van der Waals surface area (Å²) in [5, 5.41) is 31.0. The molecule has 0 heterocycles. The number of para-hydroxylation sites is 1. The number of nitrogens with zero attached hydrogens (tertiary/aromatic N) is 1. The molecule has 114 valence electrons. The van der Waals surface area contributed by atoms with E-state index in [4.69, 9.17) is 26.2 Å². The molecule has 0 radical (unpaired) electrons. The molecule has 2 aromatic rings. The van der Waals surface area contributed by atoms with E-state index >= 15 is 0 Å². The van der Waals surface area contributed by atoms with Crippen LogP contribution in [0.25, 0.3) is 0 Å². The van der Waals surface area contributed by atoms with Crippen LogP contribution in [0.5, 0.6) is 5.75 Å². The highest BCUT2D eigenvalue weighted by Gasteiger charge is 2.02. The number of benzene rings is 2. The van der Waals surface area contributed by atoms with Crippen molar-refractivity contribution in [2.45, 2.75) is 0 Å². The SMILES string of the molecule is N=C(N)c1ccc(O)c(/C=N/c2ccccc2)c1.O=C(O)O. The summed E-state index contributed by atoms with van der Waals surface area (Å²) in [5.41, 5.74) is 7.29. The van der Waals surface area contributed by atoms with Crippen LogP contribution in [-0.2, 0) is 0 Å². The largest absolute Gasteiger partial charge is 0.507 e. The van der Waals surface area contributed by atoms with Gasteiger partial charge in [0.1, 0.15) is 11.6 Å². The van der Waals surface area contributed by atoms with E-state index < -0.39 is 6.16 Å². The van der Waals surface area contributed by atoms with Crippen molar-refractivity contribution in [1.82, 2.24) is 0 Å². The molecule has 0 aliphatic rings. The zero-order valence-corrected chi connectivity index (χ0v) is 11.5. The lowest BCUT2D eigenvalue weighted by Gasteiger charge is -2.02. The zero-order valence-electron chi connectivity index (χ0n) is 11.5. The van der Waals surface area contributed by atoms with Gasteiger partial charge in [-0.1, -0.05) is 18.2 Å². The van der Waals surface area contributed by atoms with E-state index in [1.54, 1.807) is 18.3 Å². The van der Waals surface area contributed by atoms with E-state index in [0.29, 0.717) is 11.1 Å². The van der Waals surface area contributed by atoms with Crippen molar-refractivity contribution in [3.8, 4) is 5.75 Å². The first-order valence-corrected chi connectivity index (χ1v) is 6.08. The van der Waals surface area contributed by atoms with Gasteiger partial charge in [0.2, 0.25) is 0 Å². The number of carboxylic acid groups (broad SMARTS) is 2. The molecule has 7 heteroatoms. The van der Waals surface area contributed by atoms with Crippen LogP contribution in [0.15, 0.2) is 53.5 Å². The van der Waals surface area contributed by atoms with Crippen LogP contribution in [0, 0.1) is 5.41 Å². The standard InChI is InChI=1S/C14H13N3O.CH2O3/c15-14(16)10-6-7-13(18)11(8-10)9-17-12-4-2-1-3-5-12;2-1(3)4/h1-9,18H,(H3,15,16);(H2,2,3,4)/b17-9+;. The van der Waals surface area contributed by atoms with Gasteiger partial charge in [-0.05, 0) is 30.3 Å². The van der Waals surface area contributed by atoms with Gasteiger partial charge in [0.05, 0.1) is 5.69 Å². The minimum atomic E-state index is -1.83. The van der Waals surface area contributed by atoms with Crippen molar-refractivity contribution in [2.24, 2.45) is 10.7 Å². The molecule has 0 bridgehead atoms. The summed E-state index contributed by atoms with van der Waals surface area (Å²) in [4.78, 5) is 12.8. The van der Waals surface area contributed by atoms with Crippen molar-refractivity contribution in [1.29, 1.82) is 5.41 Å². The Kier molecular flexibility index (Phi) is 6.11.